The van der Waals surface area contributed by atoms with Gasteiger partial charge in [0.25, 0.3) is 11.8 Å². The SMILES string of the molecule is CNC(=O)c1c(NC(=O)c2ccc(Cl)cc2Cl)sc2c1CCC2. The van der Waals surface area contributed by atoms with Gasteiger partial charge in [-0.3, -0.25) is 9.59 Å². The van der Waals surface area contributed by atoms with Crippen LogP contribution in [0.2, 0.25) is 10.0 Å². The van der Waals surface area contributed by atoms with Crippen molar-refractivity contribution in [1.82, 2.24) is 5.32 Å². The van der Waals surface area contributed by atoms with Crippen molar-refractivity contribution in [3.05, 3.63) is 49.8 Å². The van der Waals surface area contributed by atoms with E-state index in [2.05, 4.69) is 10.6 Å². The highest BCUT2D eigenvalue weighted by atomic mass is 35.5. The van der Waals surface area contributed by atoms with Crippen LogP contribution < -0.4 is 10.6 Å². The first-order chi connectivity index (χ1) is 11.0. The monoisotopic (exact) mass is 368 g/mol. The number of fused-ring (bicyclic) bond motifs is 1. The van der Waals surface area contributed by atoms with Crippen LogP contribution in [0.1, 0.15) is 37.6 Å². The smallest absolute Gasteiger partial charge is 0.257 e. The Balaban J connectivity index is 1.94. The summed E-state index contributed by atoms with van der Waals surface area (Å²) in [5, 5.41) is 6.78. The molecule has 0 atom stereocenters. The van der Waals surface area contributed by atoms with Gasteiger partial charge in [-0.2, -0.15) is 0 Å². The summed E-state index contributed by atoms with van der Waals surface area (Å²) < 4.78 is 0. The van der Waals surface area contributed by atoms with Crippen molar-refractivity contribution in [2.45, 2.75) is 19.3 Å². The maximum absolute atomic E-state index is 12.5. The third kappa shape index (κ3) is 3.09. The number of benzene rings is 1. The quantitative estimate of drug-likeness (QED) is 0.854. The third-order valence-corrected chi connectivity index (χ3v) is 5.53. The summed E-state index contributed by atoms with van der Waals surface area (Å²) in [5.74, 6) is -0.529. The van der Waals surface area contributed by atoms with E-state index in [1.165, 1.54) is 22.3 Å². The zero-order chi connectivity index (χ0) is 16.6. The molecule has 0 aliphatic heterocycles. The lowest BCUT2D eigenvalue weighted by atomic mass is 10.1. The lowest BCUT2D eigenvalue weighted by molar-refractivity contribution is 0.0963. The minimum atomic E-state index is -0.350. The second-order valence-corrected chi connectivity index (χ2v) is 7.17. The normalized spacial score (nSPS) is 12.8. The molecule has 3 rings (SSSR count). The predicted molar refractivity (Wildman–Crippen MR) is 94.1 cm³/mol. The molecule has 1 aliphatic carbocycles. The van der Waals surface area contributed by atoms with Crippen molar-refractivity contribution in [3.8, 4) is 0 Å². The van der Waals surface area contributed by atoms with Gasteiger partial charge in [0.2, 0.25) is 0 Å². The topological polar surface area (TPSA) is 58.2 Å². The highest BCUT2D eigenvalue weighted by Crippen LogP contribution is 2.39. The van der Waals surface area contributed by atoms with Crippen LogP contribution in [-0.2, 0) is 12.8 Å². The van der Waals surface area contributed by atoms with Crippen LogP contribution >= 0.6 is 34.5 Å². The van der Waals surface area contributed by atoms with E-state index in [1.807, 2.05) is 0 Å². The summed E-state index contributed by atoms with van der Waals surface area (Å²) in [7, 11) is 1.59. The summed E-state index contributed by atoms with van der Waals surface area (Å²) in [5.41, 5.74) is 1.95. The van der Waals surface area contributed by atoms with Crippen LogP contribution in [0.5, 0.6) is 0 Å². The molecule has 1 heterocycles. The molecule has 7 heteroatoms. The molecule has 0 saturated heterocycles. The van der Waals surface area contributed by atoms with E-state index >= 15 is 0 Å². The van der Waals surface area contributed by atoms with Gasteiger partial charge < -0.3 is 10.6 Å². The zero-order valence-corrected chi connectivity index (χ0v) is 14.7. The molecule has 0 bridgehead atoms. The van der Waals surface area contributed by atoms with Crippen molar-refractivity contribution < 1.29 is 9.59 Å². The molecule has 0 radical (unpaired) electrons. The molecule has 1 aromatic heterocycles. The lowest BCUT2D eigenvalue weighted by Gasteiger charge is -2.08. The summed E-state index contributed by atoms with van der Waals surface area (Å²) >= 11 is 13.4. The number of amides is 2. The highest BCUT2D eigenvalue weighted by molar-refractivity contribution is 7.17. The van der Waals surface area contributed by atoms with Gasteiger partial charge in [0.15, 0.2) is 0 Å². The molecule has 2 aromatic rings. The van der Waals surface area contributed by atoms with E-state index in [1.54, 1.807) is 19.2 Å². The van der Waals surface area contributed by atoms with Crippen LogP contribution in [0.25, 0.3) is 0 Å². The molecule has 1 aliphatic rings. The van der Waals surface area contributed by atoms with Gasteiger partial charge >= 0.3 is 0 Å². The Bertz CT molecular complexity index is 802. The molecule has 0 unspecified atom stereocenters. The van der Waals surface area contributed by atoms with Gasteiger partial charge in [0.1, 0.15) is 5.00 Å². The van der Waals surface area contributed by atoms with Crippen LogP contribution in [0.4, 0.5) is 5.00 Å². The molecule has 2 amide bonds. The van der Waals surface area contributed by atoms with Gasteiger partial charge in [0.05, 0.1) is 16.1 Å². The molecule has 1 aromatic carbocycles. The van der Waals surface area contributed by atoms with E-state index in [0.717, 1.165) is 24.8 Å². The lowest BCUT2D eigenvalue weighted by Crippen LogP contribution is -2.21. The Morgan fingerprint density at radius 3 is 2.65 bits per heavy atom. The molecule has 0 spiro atoms. The average Bonchev–Trinajstić information content (AvgIpc) is 3.06. The van der Waals surface area contributed by atoms with Crippen LogP contribution in [0, 0.1) is 0 Å². The number of anilines is 1. The number of hydrogen-bond donors (Lipinski definition) is 2. The van der Waals surface area contributed by atoms with Crippen LogP contribution in [0.3, 0.4) is 0 Å². The molecule has 4 nitrogen and oxygen atoms in total. The molecule has 120 valence electrons. The summed E-state index contributed by atoms with van der Waals surface area (Å²) in [4.78, 5) is 25.8. The fourth-order valence-corrected chi connectivity index (χ4v) is 4.48. The maximum Gasteiger partial charge on any atom is 0.257 e. The molecule has 2 N–H and O–H groups in total. The molecular weight excluding hydrogens is 355 g/mol. The number of thiophene rings is 1. The first kappa shape index (κ1) is 16.3. The summed E-state index contributed by atoms with van der Waals surface area (Å²) in [6.07, 6.45) is 2.86. The van der Waals surface area contributed by atoms with Gasteiger partial charge in [-0.05, 0) is 43.0 Å². The molecule has 23 heavy (non-hydrogen) atoms. The predicted octanol–water partition coefficient (Wildman–Crippen LogP) is 4.16. The van der Waals surface area contributed by atoms with Crippen LogP contribution in [-0.4, -0.2) is 18.9 Å². The van der Waals surface area contributed by atoms with Crippen molar-refractivity contribution >= 4 is 51.4 Å². The van der Waals surface area contributed by atoms with E-state index in [-0.39, 0.29) is 16.8 Å². The van der Waals surface area contributed by atoms with E-state index in [0.29, 0.717) is 21.2 Å². The summed E-state index contributed by atoms with van der Waals surface area (Å²) in [6.45, 7) is 0. The van der Waals surface area contributed by atoms with Gasteiger partial charge in [0, 0.05) is 16.9 Å². The van der Waals surface area contributed by atoms with Crippen molar-refractivity contribution in [1.29, 1.82) is 0 Å². The highest BCUT2D eigenvalue weighted by Gasteiger charge is 2.27. The van der Waals surface area contributed by atoms with Crippen LogP contribution in [0.15, 0.2) is 18.2 Å². The second-order valence-electron chi connectivity index (χ2n) is 5.22. The minimum absolute atomic E-state index is 0.179. The number of rotatable bonds is 3. The van der Waals surface area contributed by atoms with Gasteiger partial charge in [-0.25, -0.2) is 0 Å². The maximum atomic E-state index is 12.5. The molecule has 0 fully saturated rings. The average molecular weight is 369 g/mol. The first-order valence-electron chi connectivity index (χ1n) is 7.14. The molecular formula is C16H14Cl2N2O2S. The minimum Gasteiger partial charge on any atom is -0.355 e. The number of carbonyl (C=O) groups is 2. The van der Waals surface area contributed by atoms with Crippen molar-refractivity contribution in [2.24, 2.45) is 0 Å². The Morgan fingerprint density at radius 2 is 1.96 bits per heavy atom. The Kier molecular flexibility index (Phi) is 4.62. The van der Waals surface area contributed by atoms with Gasteiger partial charge in [-0.15, -0.1) is 11.3 Å². The Hall–Kier alpha value is -1.56. The number of aryl methyl sites for hydroxylation is 1. The Morgan fingerprint density at radius 1 is 1.17 bits per heavy atom. The van der Waals surface area contributed by atoms with E-state index < -0.39 is 0 Å². The summed E-state index contributed by atoms with van der Waals surface area (Å²) in [6, 6.07) is 4.70. The van der Waals surface area contributed by atoms with Gasteiger partial charge in [-0.1, -0.05) is 23.2 Å². The fraction of sp³-hybridized carbons (Fsp3) is 0.250. The van der Waals surface area contributed by atoms with Crippen molar-refractivity contribution in [2.75, 3.05) is 12.4 Å². The number of halogens is 2. The van der Waals surface area contributed by atoms with E-state index in [9.17, 15) is 9.59 Å². The fourth-order valence-electron chi connectivity index (χ4n) is 2.70. The number of carbonyl (C=O) groups excluding carboxylic acids is 2. The Labute approximate surface area is 147 Å². The zero-order valence-electron chi connectivity index (χ0n) is 12.3. The third-order valence-electron chi connectivity index (χ3n) is 3.78. The first-order valence-corrected chi connectivity index (χ1v) is 8.71. The second kappa shape index (κ2) is 6.51. The number of nitrogens with one attached hydrogen (secondary N) is 2. The van der Waals surface area contributed by atoms with E-state index in [4.69, 9.17) is 23.2 Å². The molecule has 0 saturated carbocycles. The largest absolute Gasteiger partial charge is 0.355 e. The number of hydrogen-bond acceptors (Lipinski definition) is 3. The van der Waals surface area contributed by atoms with Crippen molar-refractivity contribution in [3.63, 3.8) is 0 Å². The standard InChI is InChI=1S/C16H14Cl2N2O2S/c1-19-15(22)13-10-3-2-4-12(10)23-16(13)20-14(21)9-6-5-8(17)7-11(9)18/h5-7H,2-4H2,1H3,(H,19,22)(H,20,21).